The van der Waals surface area contributed by atoms with E-state index in [-0.39, 0.29) is 5.60 Å². The van der Waals surface area contributed by atoms with Crippen LogP contribution < -0.4 is 0 Å². The van der Waals surface area contributed by atoms with Gasteiger partial charge in [-0.1, -0.05) is 13.8 Å². The molecule has 0 amide bonds. The van der Waals surface area contributed by atoms with Crippen molar-refractivity contribution in [3.05, 3.63) is 0 Å². The van der Waals surface area contributed by atoms with E-state index in [0.717, 1.165) is 18.6 Å². The Balaban J connectivity index is 1.54. The second kappa shape index (κ2) is 5.71. The van der Waals surface area contributed by atoms with Gasteiger partial charge in [-0.15, -0.1) is 0 Å². The number of piperidine rings is 1. The Morgan fingerprint density at radius 2 is 2.11 bits per heavy atom. The molecule has 0 N–H and O–H groups in total. The average Bonchev–Trinajstić information content (AvgIpc) is 2.38. The summed E-state index contributed by atoms with van der Waals surface area (Å²) in [6, 6.07) is 0.792. The highest BCUT2D eigenvalue weighted by atomic mass is 16.5. The molecule has 2 unspecified atom stereocenters. The molecular formula is C16H30N2O. The predicted molar refractivity (Wildman–Crippen MR) is 78.4 cm³/mol. The molecular weight excluding hydrogens is 236 g/mol. The summed E-state index contributed by atoms with van der Waals surface area (Å²) in [6.07, 6.45) is 6.62. The maximum atomic E-state index is 6.16. The average molecular weight is 266 g/mol. The largest absolute Gasteiger partial charge is 0.372 e. The normalized spacial score (nSPS) is 36.3. The van der Waals surface area contributed by atoms with Crippen molar-refractivity contribution in [1.29, 1.82) is 0 Å². The quantitative estimate of drug-likeness (QED) is 0.780. The molecule has 3 rings (SSSR count). The first-order chi connectivity index (χ1) is 9.21. The van der Waals surface area contributed by atoms with Crippen molar-refractivity contribution in [3.63, 3.8) is 0 Å². The lowest BCUT2D eigenvalue weighted by Crippen LogP contribution is -2.67. The summed E-state index contributed by atoms with van der Waals surface area (Å²) in [5.41, 5.74) is 0.221. The van der Waals surface area contributed by atoms with Crippen molar-refractivity contribution in [2.45, 2.75) is 57.6 Å². The number of hydrogen-bond acceptors (Lipinski definition) is 3. The lowest BCUT2D eigenvalue weighted by atomic mass is 9.82. The summed E-state index contributed by atoms with van der Waals surface area (Å²) in [5.74, 6) is 0.894. The molecule has 0 aromatic rings. The van der Waals surface area contributed by atoms with E-state index in [1.807, 2.05) is 0 Å². The fraction of sp³-hybridized carbons (Fsp3) is 1.00. The van der Waals surface area contributed by atoms with Crippen LogP contribution in [0.4, 0.5) is 0 Å². The van der Waals surface area contributed by atoms with Gasteiger partial charge in [-0.05, 0) is 51.1 Å². The Morgan fingerprint density at radius 1 is 1.26 bits per heavy atom. The topological polar surface area (TPSA) is 15.7 Å². The number of ether oxygens (including phenoxy) is 1. The summed E-state index contributed by atoms with van der Waals surface area (Å²) in [6.45, 7) is 11.9. The van der Waals surface area contributed by atoms with Gasteiger partial charge in [0.1, 0.15) is 0 Å². The predicted octanol–water partition coefficient (Wildman–Crippen LogP) is 2.36. The molecule has 3 nitrogen and oxygen atoms in total. The van der Waals surface area contributed by atoms with Crippen LogP contribution in [0.5, 0.6) is 0 Å². The Morgan fingerprint density at radius 3 is 2.84 bits per heavy atom. The molecule has 1 spiro atoms. The zero-order chi connectivity index (χ0) is 13.3. The summed E-state index contributed by atoms with van der Waals surface area (Å²) in [5, 5.41) is 0. The van der Waals surface area contributed by atoms with Crippen molar-refractivity contribution >= 4 is 0 Å². The molecule has 3 heteroatoms. The molecule has 3 aliphatic rings. The van der Waals surface area contributed by atoms with Gasteiger partial charge < -0.3 is 4.74 Å². The van der Waals surface area contributed by atoms with E-state index in [9.17, 15) is 0 Å². The van der Waals surface area contributed by atoms with E-state index < -0.39 is 0 Å². The first-order valence-electron chi connectivity index (χ1n) is 8.31. The highest BCUT2D eigenvalue weighted by molar-refractivity contribution is 5.02. The molecule has 3 fully saturated rings. The Kier molecular flexibility index (Phi) is 4.16. The smallest absolute Gasteiger partial charge is 0.0949 e. The highest BCUT2D eigenvalue weighted by Crippen LogP contribution is 2.36. The van der Waals surface area contributed by atoms with Crippen LogP contribution in [0.1, 0.15) is 46.0 Å². The Bertz CT molecular complexity index is 301. The summed E-state index contributed by atoms with van der Waals surface area (Å²) in [7, 11) is 0. The van der Waals surface area contributed by atoms with Crippen LogP contribution in [0.2, 0.25) is 0 Å². The minimum Gasteiger partial charge on any atom is -0.372 e. The van der Waals surface area contributed by atoms with E-state index in [4.69, 9.17) is 4.74 Å². The SMILES string of the molecule is CCCN1CC2(CC(N3CCCC(C)C3)CCO2)C1. The van der Waals surface area contributed by atoms with Gasteiger partial charge >= 0.3 is 0 Å². The van der Waals surface area contributed by atoms with E-state index in [1.165, 1.54) is 64.8 Å². The lowest BCUT2D eigenvalue weighted by molar-refractivity contribution is -0.183. The third kappa shape index (κ3) is 2.98. The molecule has 3 aliphatic heterocycles. The van der Waals surface area contributed by atoms with Gasteiger partial charge in [0.15, 0.2) is 0 Å². The number of rotatable bonds is 3. The van der Waals surface area contributed by atoms with E-state index in [2.05, 4.69) is 23.6 Å². The molecule has 3 heterocycles. The van der Waals surface area contributed by atoms with Crippen LogP contribution in [0.15, 0.2) is 0 Å². The Hall–Kier alpha value is -0.120. The van der Waals surface area contributed by atoms with Crippen LogP contribution in [0.3, 0.4) is 0 Å². The molecule has 110 valence electrons. The maximum Gasteiger partial charge on any atom is 0.0949 e. The molecule has 0 aromatic heterocycles. The standard InChI is InChI=1S/C16H30N2O/c1-3-7-17-12-16(13-17)10-15(6-9-19-16)18-8-4-5-14(2)11-18/h14-15H,3-13H2,1-2H3. The molecule has 0 radical (unpaired) electrons. The van der Waals surface area contributed by atoms with E-state index in [0.29, 0.717) is 0 Å². The third-order valence-corrected chi connectivity index (χ3v) is 5.24. The van der Waals surface area contributed by atoms with Crippen molar-refractivity contribution in [3.8, 4) is 0 Å². The molecule has 0 aromatic carbocycles. The Labute approximate surface area is 118 Å². The lowest BCUT2D eigenvalue weighted by Gasteiger charge is -2.55. The molecule has 0 bridgehead atoms. The van der Waals surface area contributed by atoms with Crippen LogP contribution in [0, 0.1) is 5.92 Å². The van der Waals surface area contributed by atoms with Crippen LogP contribution in [0.25, 0.3) is 0 Å². The summed E-state index contributed by atoms with van der Waals surface area (Å²) >= 11 is 0. The van der Waals surface area contributed by atoms with Gasteiger partial charge in [0, 0.05) is 32.3 Å². The first kappa shape index (κ1) is 13.8. The summed E-state index contributed by atoms with van der Waals surface area (Å²) < 4.78 is 6.16. The molecule has 2 atom stereocenters. The van der Waals surface area contributed by atoms with Gasteiger partial charge in [0.2, 0.25) is 0 Å². The van der Waals surface area contributed by atoms with Gasteiger partial charge in [-0.2, -0.15) is 0 Å². The second-order valence-corrected chi connectivity index (χ2v) is 7.13. The first-order valence-corrected chi connectivity index (χ1v) is 8.31. The second-order valence-electron chi connectivity index (χ2n) is 7.13. The molecule has 19 heavy (non-hydrogen) atoms. The third-order valence-electron chi connectivity index (χ3n) is 5.24. The van der Waals surface area contributed by atoms with Crippen molar-refractivity contribution in [2.75, 3.05) is 39.3 Å². The van der Waals surface area contributed by atoms with Gasteiger partial charge in [0.05, 0.1) is 5.60 Å². The minimum atomic E-state index is 0.221. The molecule has 0 aliphatic carbocycles. The van der Waals surface area contributed by atoms with Crippen LogP contribution in [-0.2, 0) is 4.74 Å². The zero-order valence-corrected chi connectivity index (χ0v) is 12.7. The number of hydrogen-bond donors (Lipinski definition) is 0. The van der Waals surface area contributed by atoms with Gasteiger partial charge in [-0.3, -0.25) is 9.80 Å². The van der Waals surface area contributed by atoms with Crippen LogP contribution >= 0.6 is 0 Å². The van der Waals surface area contributed by atoms with Crippen LogP contribution in [-0.4, -0.2) is 60.8 Å². The zero-order valence-electron chi connectivity index (χ0n) is 12.7. The molecule has 3 saturated heterocycles. The van der Waals surface area contributed by atoms with Gasteiger partial charge in [0.25, 0.3) is 0 Å². The fourth-order valence-electron chi connectivity index (χ4n) is 4.33. The van der Waals surface area contributed by atoms with Crippen molar-refractivity contribution in [1.82, 2.24) is 9.80 Å². The highest BCUT2D eigenvalue weighted by Gasteiger charge is 2.48. The number of likely N-dealkylation sites (tertiary alicyclic amines) is 2. The van der Waals surface area contributed by atoms with E-state index >= 15 is 0 Å². The monoisotopic (exact) mass is 266 g/mol. The van der Waals surface area contributed by atoms with Crippen molar-refractivity contribution in [2.24, 2.45) is 5.92 Å². The fourth-order valence-corrected chi connectivity index (χ4v) is 4.33. The minimum absolute atomic E-state index is 0.221. The maximum absolute atomic E-state index is 6.16. The summed E-state index contributed by atoms with van der Waals surface area (Å²) in [4.78, 5) is 5.32. The number of nitrogens with zero attached hydrogens (tertiary/aromatic N) is 2. The van der Waals surface area contributed by atoms with Crippen molar-refractivity contribution < 1.29 is 4.74 Å². The van der Waals surface area contributed by atoms with E-state index in [1.54, 1.807) is 0 Å². The molecule has 0 saturated carbocycles. The van der Waals surface area contributed by atoms with Gasteiger partial charge in [-0.25, -0.2) is 0 Å².